The average Bonchev–Trinajstić information content (AvgIpc) is 2.98. The van der Waals surface area contributed by atoms with Crippen LogP contribution in [0, 0.1) is 0 Å². The smallest absolute Gasteiger partial charge is 0.355 e. The highest BCUT2D eigenvalue weighted by molar-refractivity contribution is 5.98. The number of ether oxygens (including phenoxy) is 1. The van der Waals surface area contributed by atoms with E-state index >= 15 is 0 Å². The molecule has 0 saturated carbocycles. The summed E-state index contributed by atoms with van der Waals surface area (Å²) in [6, 6.07) is 19.4. The number of rotatable bonds is 4. The fourth-order valence-corrected chi connectivity index (χ4v) is 3.28. The van der Waals surface area contributed by atoms with Gasteiger partial charge in [0.2, 0.25) is 5.91 Å². The van der Waals surface area contributed by atoms with Gasteiger partial charge < -0.3 is 9.64 Å². The molecule has 1 amide bonds. The lowest BCUT2D eigenvalue weighted by Crippen LogP contribution is -2.49. The quantitative estimate of drug-likeness (QED) is 0.642. The molecule has 0 N–H and O–H groups in total. The third-order valence-corrected chi connectivity index (χ3v) is 4.53. The van der Waals surface area contributed by atoms with Gasteiger partial charge in [0.15, 0.2) is 6.10 Å². The summed E-state index contributed by atoms with van der Waals surface area (Å²) in [6.45, 7) is 0. The summed E-state index contributed by atoms with van der Waals surface area (Å²) in [7, 11) is 0. The molecule has 0 aliphatic carbocycles. The molecule has 2 aliphatic rings. The van der Waals surface area contributed by atoms with Crippen LogP contribution in [-0.4, -0.2) is 22.8 Å². The van der Waals surface area contributed by atoms with Crippen molar-refractivity contribution in [2.45, 2.75) is 25.0 Å². The van der Waals surface area contributed by atoms with E-state index in [1.165, 1.54) is 0 Å². The van der Waals surface area contributed by atoms with Gasteiger partial charge in [-0.05, 0) is 17.5 Å². The number of hydrogen-bond acceptors (Lipinski definition) is 3. The SMILES string of the molecule is O=C(OC(c1ccccc1)c1ccccc1)C1=CC[C@@H]2CC(=O)N12. The fourth-order valence-electron chi connectivity index (χ4n) is 3.28. The molecule has 0 bridgehead atoms. The van der Waals surface area contributed by atoms with Gasteiger partial charge in [-0.2, -0.15) is 0 Å². The molecule has 0 spiro atoms. The number of amides is 1. The second-order valence-electron chi connectivity index (χ2n) is 6.05. The van der Waals surface area contributed by atoms with E-state index in [4.69, 9.17) is 4.74 Å². The van der Waals surface area contributed by atoms with Gasteiger partial charge in [0.1, 0.15) is 5.70 Å². The molecule has 2 aliphatic heterocycles. The van der Waals surface area contributed by atoms with Gasteiger partial charge in [-0.25, -0.2) is 4.79 Å². The number of benzene rings is 2. The van der Waals surface area contributed by atoms with Crippen molar-refractivity contribution < 1.29 is 14.3 Å². The maximum Gasteiger partial charge on any atom is 0.355 e. The Labute approximate surface area is 140 Å². The van der Waals surface area contributed by atoms with E-state index in [9.17, 15) is 9.59 Å². The summed E-state index contributed by atoms with van der Waals surface area (Å²) in [6.07, 6.45) is 2.58. The maximum absolute atomic E-state index is 12.7. The Morgan fingerprint density at radius 1 is 1.00 bits per heavy atom. The Bertz CT molecular complexity index is 759. The Morgan fingerprint density at radius 3 is 2.12 bits per heavy atom. The Kier molecular flexibility index (Phi) is 3.65. The van der Waals surface area contributed by atoms with Gasteiger partial charge in [0.25, 0.3) is 0 Å². The highest BCUT2D eigenvalue weighted by Crippen LogP contribution is 2.35. The average molecular weight is 319 g/mol. The molecule has 4 rings (SSSR count). The summed E-state index contributed by atoms with van der Waals surface area (Å²) in [5.41, 5.74) is 2.19. The van der Waals surface area contributed by atoms with Crippen LogP contribution in [0.4, 0.5) is 0 Å². The van der Waals surface area contributed by atoms with Crippen molar-refractivity contribution in [2.75, 3.05) is 0 Å². The first kappa shape index (κ1) is 14.7. The van der Waals surface area contributed by atoms with Crippen LogP contribution in [0.1, 0.15) is 30.1 Å². The summed E-state index contributed by atoms with van der Waals surface area (Å²) in [4.78, 5) is 25.9. The first-order valence-corrected chi connectivity index (χ1v) is 8.07. The number of hydrogen-bond donors (Lipinski definition) is 0. The summed E-state index contributed by atoms with van der Waals surface area (Å²) in [5, 5.41) is 0. The largest absolute Gasteiger partial charge is 0.448 e. The van der Waals surface area contributed by atoms with E-state index in [1.54, 1.807) is 4.90 Å². The molecule has 1 fully saturated rings. The minimum Gasteiger partial charge on any atom is -0.448 e. The summed E-state index contributed by atoms with van der Waals surface area (Å²) < 4.78 is 5.81. The molecule has 24 heavy (non-hydrogen) atoms. The maximum atomic E-state index is 12.7. The lowest BCUT2D eigenvalue weighted by molar-refractivity contribution is -0.152. The zero-order chi connectivity index (χ0) is 16.5. The normalized spacial score (nSPS) is 18.9. The summed E-state index contributed by atoms with van der Waals surface area (Å²) >= 11 is 0. The monoisotopic (exact) mass is 319 g/mol. The van der Waals surface area contributed by atoms with E-state index in [2.05, 4.69) is 0 Å². The van der Waals surface area contributed by atoms with Crippen LogP contribution in [0.2, 0.25) is 0 Å². The third kappa shape index (κ3) is 2.50. The molecule has 4 heteroatoms. The molecule has 0 unspecified atom stereocenters. The second-order valence-corrected chi connectivity index (χ2v) is 6.05. The molecular formula is C20H17NO3. The molecule has 1 atom stereocenters. The molecule has 0 aromatic heterocycles. The second kappa shape index (κ2) is 5.96. The van der Waals surface area contributed by atoms with Gasteiger partial charge in [0, 0.05) is 12.5 Å². The van der Waals surface area contributed by atoms with E-state index in [0.29, 0.717) is 12.1 Å². The van der Waals surface area contributed by atoms with Crippen molar-refractivity contribution in [3.05, 3.63) is 83.6 Å². The molecule has 0 radical (unpaired) electrons. The van der Waals surface area contributed by atoms with Crippen LogP contribution in [-0.2, 0) is 14.3 Å². The van der Waals surface area contributed by atoms with Crippen LogP contribution in [0.15, 0.2) is 72.4 Å². The number of esters is 1. The Morgan fingerprint density at radius 2 is 1.58 bits per heavy atom. The number of β-lactam (4-membered cyclic amide) rings is 1. The highest BCUT2D eigenvalue weighted by Gasteiger charge is 2.44. The highest BCUT2D eigenvalue weighted by atomic mass is 16.5. The van der Waals surface area contributed by atoms with Crippen molar-refractivity contribution in [1.29, 1.82) is 0 Å². The lowest BCUT2D eigenvalue weighted by atomic mass is 10.0. The molecule has 1 saturated heterocycles. The van der Waals surface area contributed by atoms with Crippen molar-refractivity contribution in [3.8, 4) is 0 Å². The van der Waals surface area contributed by atoms with Crippen LogP contribution >= 0.6 is 0 Å². The molecule has 2 heterocycles. The van der Waals surface area contributed by atoms with Gasteiger partial charge in [-0.3, -0.25) is 4.79 Å². The van der Waals surface area contributed by atoms with E-state index in [-0.39, 0.29) is 11.9 Å². The molecule has 2 aromatic carbocycles. The van der Waals surface area contributed by atoms with E-state index < -0.39 is 12.1 Å². The van der Waals surface area contributed by atoms with Gasteiger partial charge in [-0.1, -0.05) is 66.7 Å². The van der Waals surface area contributed by atoms with Gasteiger partial charge in [-0.15, -0.1) is 0 Å². The van der Waals surface area contributed by atoms with Gasteiger partial charge >= 0.3 is 5.97 Å². The number of carbonyl (C=O) groups is 2. The van der Waals surface area contributed by atoms with Crippen molar-refractivity contribution in [3.63, 3.8) is 0 Å². The number of nitrogens with zero attached hydrogens (tertiary/aromatic N) is 1. The minimum atomic E-state index is -0.490. The Hall–Kier alpha value is -2.88. The topological polar surface area (TPSA) is 46.6 Å². The van der Waals surface area contributed by atoms with E-state index in [0.717, 1.165) is 17.5 Å². The first-order valence-electron chi connectivity index (χ1n) is 8.07. The molecule has 120 valence electrons. The zero-order valence-corrected chi connectivity index (χ0v) is 13.1. The predicted molar refractivity (Wildman–Crippen MR) is 88.8 cm³/mol. The van der Waals surface area contributed by atoms with Crippen molar-refractivity contribution in [2.24, 2.45) is 0 Å². The minimum absolute atomic E-state index is 0.00308. The third-order valence-electron chi connectivity index (χ3n) is 4.53. The Balaban J connectivity index is 1.61. The molecule has 2 aromatic rings. The predicted octanol–water partition coefficient (Wildman–Crippen LogP) is 3.21. The van der Waals surface area contributed by atoms with Crippen LogP contribution < -0.4 is 0 Å². The first-order chi connectivity index (χ1) is 11.7. The number of carbonyl (C=O) groups excluding carboxylic acids is 2. The van der Waals surface area contributed by atoms with Crippen LogP contribution in [0.25, 0.3) is 0 Å². The standard InChI is InChI=1S/C20H17NO3/c22-18-13-16-11-12-17(21(16)18)20(23)24-19(14-7-3-1-4-8-14)15-9-5-2-6-10-15/h1-10,12,16,19H,11,13H2/t16-/m1/s1. The fraction of sp³-hybridized carbons (Fsp3) is 0.200. The van der Waals surface area contributed by atoms with Gasteiger partial charge in [0.05, 0.1) is 0 Å². The zero-order valence-electron chi connectivity index (χ0n) is 13.1. The summed E-state index contributed by atoms with van der Waals surface area (Å²) in [5.74, 6) is -0.445. The van der Waals surface area contributed by atoms with Crippen molar-refractivity contribution in [1.82, 2.24) is 4.90 Å². The molecule has 4 nitrogen and oxygen atoms in total. The number of fused-ring (bicyclic) bond motifs is 1. The van der Waals surface area contributed by atoms with E-state index in [1.807, 2.05) is 66.7 Å². The van der Waals surface area contributed by atoms with Crippen LogP contribution in [0.3, 0.4) is 0 Å². The van der Waals surface area contributed by atoms with Crippen LogP contribution in [0.5, 0.6) is 0 Å². The lowest BCUT2D eigenvalue weighted by Gasteiger charge is -2.36. The van der Waals surface area contributed by atoms with Crippen molar-refractivity contribution >= 4 is 11.9 Å². The molecular weight excluding hydrogens is 302 g/mol.